The van der Waals surface area contributed by atoms with E-state index in [2.05, 4.69) is 5.32 Å². The van der Waals surface area contributed by atoms with Crippen molar-refractivity contribution in [3.63, 3.8) is 0 Å². The van der Waals surface area contributed by atoms with E-state index in [0.717, 1.165) is 27.3 Å². The summed E-state index contributed by atoms with van der Waals surface area (Å²) >= 11 is 0. The molecule has 0 aliphatic rings. The van der Waals surface area contributed by atoms with Crippen molar-refractivity contribution in [1.82, 2.24) is 10.2 Å². The van der Waals surface area contributed by atoms with Crippen LogP contribution < -0.4 is 9.62 Å². The molecule has 2 amide bonds. The van der Waals surface area contributed by atoms with E-state index in [1.54, 1.807) is 12.1 Å². The molecule has 0 aliphatic carbocycles. The van der Waals surface area contributed by atoms with Gasteiger partial charge in [-0.1, -0.05) is 49.4 Å². The number of hydrogen-bond acceptors (Lipinski definition) is 4. The van der Waals surface area contributed by atoms with Crippen LogP contribution in [0.5, 0.6) is 0 Å². The fraction of sp³-hybridized carbons (Fsp3) is 0.462. The summed E-state index contributed by atoms with van der Waals surface area (Å²) in [5, 5.41) is 2.89. The number of anilines is 1. The lowest BCUT2D eigenvalue weighted by Crippen LogP contribution is -2.54. The highest BCUT2D eigenvalue weighted by Crippen LogP contribution is 2.25. The number of benzene rings is 2. The number of hydrogen-bond donors (Lipinski definition) is 1. The molecule has 8 heteroatoms. The molecule has 186 valence electrons. The van der Waals surface area contributed by atoms with Crippen LogP contribution in [0.3, 0.4) is 0 Å². The smallest absolute Gasteiger partial charge is 0.244 e. The molecule has 1 N–H and O–H groups in total. The monoisotopic (exact) mass is 487 g/mol. The highest BCUT2D eigenvalue weighted by atomic mass is 32.2. The highest BCUT2D eigenvalue weighted by Gasteiger charge is 2.32. The molecule has 0 fully saturated rings. The molecule has 0 spiro atoms. The van der Waals surface area contributed by atoms with Gasteiger partial charge in [0.1, 0.15) is 12.6 Å². The molecule has 0 saturated carbocycles. The Kier molecular flexibility index (Phi) is 9.67. The van der Waals surface area contributed by atoms with E-state index in [0.29, 0.717) is 25.1 Å². The zero-order chi connectivity index (χ0) is 25.5. The molecule has 1 atom stereocenters. The first kappa shape index (κ1) is 27.4. The third-order valence-corrected chi connectivity index (χ3v) is 6.95. The van der Waals surface area contributed by atoms with Crippen LogP contribution in [0, 0.1) is 13.8 Å². The highest BCUT2D eigenvalue weighted by molar-refractivity contribution is 7.92. The maximum atomic E-state index is 13.6. The van der Waals surface area contributed by atoms with Gasteiger partial charge in [0, 0.05) is 12.6 Å². The molecule has 2 aromatic rings. The number of carbonyl (C=O) groups is 2. The average Bonchev–Trinajstić information content (AvgIpc) is 2.76. The Morgan fingerprint density at radius 1 is 1.00 bits per heavy atom. The summed E-state index contributed by atoms with van der Waals surface area (Å²) < 4.78 is 26.6. The lowest BCUT2D eigenvalue weighted by atomic mass is 10.1. The van der Waals surface area contributed by atoms with Crippen molar-refractivity contribution in [1.29, 1.82) is 0 Å². The third kappa shape index (κ3) is 7.32. The lowest BCUT2D eigenvalue weighted by molar-refractivity contribution is -0.139. The average molecular weight is 488 g/mol. The van der Waals surface area contributed by atoms with Gasteiger partial charge in [0.05, 0.1) is 11.9 Å². The van der Waals surface area contributed by atoms with Gasteiger partial charge in [0.15, 0.2) is 0 Å². The Hall–Kier alpha value is -2.87. The van der Waals surface area contributed by atoms with E-state index in [1.807, 2.05) is 71.0 Å². The van der Waals surface area contributed by atoms with E-state index in [1.165, 1.54) is 4.90 Å². The van der Waals surface area contributed by atoms with Gasteiger partial charge >= 0.3 is 0 Å². The van der Waals surface area contributed by atoms with Crippen LogP contribution in [0.15, 0.2) is 48.5 Å². The van der Waals surface area contributed by atoms with Crippen molar-refractivity contribution in [2.45, 2.75) is 59.5 Å². The van der Waals surface area contributed by atoms with E-state index < -0.39 is 22.0 Å². The van der Waals surface area contributed by atoms with E-state index >= 15 is 0 Å². The normalized spacial score (nSPS) is 12.3. The van der Waals surface area contributed by atoms with Gasteiger partial charge in [-0.2, -0.15) is 0 Å². The van der Waals surface area contributed by atoms with Gasteiger partial charge < -0.3 is 10.2 Å². The number of amides is 2. The lowest BCUT2D eigenvalue weighted by Gasteiger charge is -2.33. The summed E-state index contributed by atoms with van der Waals surface area (Å²) in [6.45, 7) is 9.26. The zero-order valence-corrected chi connectivity index (χ0v) is 21.9. The molecule has 0 heterocycles. The summed E-state index contributed by atoms with van der Waals surface area (Å²) in [4.78, 5) is 28.1. The predicted octanol–water partition coefficient (Wildman–Crippen LogP) is 3.44. The first-order chi connectivity index (χ1) is 16.0. The largest absolute Gasteiger partial charge is 0.352 e. The van der Waals surface area contributed by atoms with Gasteiger partial charge in [0.25, 0.3) is 0 Å². The molecule has 2 rings (SSSR count). The Morgan fingerprint density at radius 3 is 2.21 bits per heavy atom. The second kappa shape index (κ2) is 12.0. The van der Waals surface area contributed by atoms with Crippen molar-refractivity contribution in [2.75, 3.05) is 23.7 Å². The Bertz CT molecular complexity index is 1080. The minimum Gasteiger partial charge on any atom is -0.352 e. The van der Waals surface area contributed by atoms with Gasteiger partial charge in [-0.3, -0.25) is 13.9 Å². The minimum atomic E-state index is -3.74. The fourth-order valence-corrected chi connectivity index (χ4v) is 4.78. The molecule has 0 aliphatic heterocycles. The standard InChI is InChI=1S/C26H37N3O4S/c1-7-23(26(31)27-19(2)3)28(17-16-22-13-9-8-10-14-22)25(30)18-29(34(6,32)33)24-15-11-12-20(4)21(24)5/h8-15,19,23H,7,16-18H2,1-6H3,(H,27,31)/t23-/m1/s1. The second-order valence-corrected chi connectivity index (χ2v) is 10.8. The first-order valence-electron chi connectivity index (χ1n) is 11.6. The van der Waals surface area contributed by atoms with E-state index in [9.17, 15) is 18.0 Å². The van der Waals surface area contributed by atoms with Crippen molar-refractivity contribution >= 4 is 27.5 Å². The van der Waals surface area contributed by atoms with Crippen molar-refractivity contribution < 1.29 is 18.0 Å². The van der Waals surface area contributed by atoms with E-state index in [4.69, 9.17) is 0 Å². The number of sulfonamides is 1. The molecule has 0 bridgehead atoms. The number of carbonyl (C=O) groups excluding carboxylic acids is 2. The van der Waals surface area contributed by atoms with Crippen LogP contribution in [0.2, 0.25) is 0 Å². The Morgan fingerprint density at radius 2 is 1.65 bits per heavy atom. The van der Waals surface area contributed by atoms with Crippen molar-refractivity contribution in [3.8, 4) is 0 Å². The van der Waals surface area contributed by atoms with Crippen LogP contribution in [0.4, 0.5) is 5.69 Å². The molecule has 7 nitrogen and oxygen atoms in total. The van der Waals surface area contributed by atoms with Crippen LogP contribution in [-0.2, 0) is 26.0 Å². The minimum absolute atomic E-state index is 0.0740. The first-order valence-corrected chi connectivity index (χ1v) is 13.5. The molecule has 0 unspecified atom stereocenters. The molecule has 2 aromatic carbocycles. The van der Waals surface area contributed by atoms with Crippen LogP contribution >= 0.6 is 0 Å². The second-order valence-electron chi connectivity index (χ2n) is 8.90. The quantitative estimate of drug-likeness (QED) is 0.526. The maximum absolute atomic E-state index is 13.6. The van der Waals surface area contributed by atoms with Crippen molar-refractivity contribution in [2.24, 2.45) is 0 Å². The zero-order valence-electron chi connectivity index (χ0n) is 21.0. The molecule has 0 aromatic heterocycles. The molecular weight excluding hydrogens is 450 g/mol. The van der Waals surface area contributed by atoms with Crippen LogP contribution in [-0.4, -0.2) is 56.6 Å². The molecule has 0 radical (unpaired) electrons. The molecule has 0 saturated heterocycles. The summed E-state index contributed by atoms with van der Waals surface area (Å²) in [6, 6.07) is 14.3. The Labute approximate surface area is 204 Å². The van der Waals surface area contributed by atoms with Crippen molar-refractivity contribution in [3.05, 3.63) is 65.2 Å². The van der Waals surface area contributed by atoms with Crippen LogP contribution in [0.25, 0.3) is 0 Å². The SMILES string of the molecule is CC[C@H](C(=O)NC(C)C)N(CCc1ccccc1)C(=O)CN(c1cccc(C)c1C)S(C)(=O)=O. The topological polar surface area (TPSA) is 86.8 Å². The Balaban J connectivity index is 2.40. The van der Waals surface area contributed by atoms with Gasteiger partial charge in [-0.15, -0.1) is 0 Å². The fourth-order valence-electron chi connectivity index (χ4n) is 3.88. The number of rotatable bonds is 11. The number of aryl methyl sites for hydroxylation is 1. The summed E-state index contributed by atoms with van der Waals surface area (Å²) in [6.07, 6.45) is 2.07. The molecule has 34 heavy (non-hydrogen) atoms. The molecular formula is C26H37N3O4S. The predicted molar refractivity (Wildman–Crippen MR) is 137 cm³/mol. The third-order valence-electron chi connectivity index (χ3n) is 5.82. The van der Waals surface area contributed by atoms with Gasteiger partial charge in [-0.25, -0.2) is 8.42 Å². The summed E-state index contributed by atoms with van der Waals surface area (Å²) in [5.41, 5.74) is 3.23. The maximum Gasteiger partial charge on any atom is 0.244 e. The number of nitrogens with zero attached hydrogens (tertiary/aromatic N) is 2. The van der Waals surface area contributed by atoms with Gasteiger partial charge in [-0.05, 0) is 63.3 Å². The van der Waals surface area contributed by atoms with Gasteiger partial charge in [0.2, 0.25) is 21.8 Å². The van der Waals surface area contributed by atoms with Crippen LogP contribution in [0.1, 0.15) is 43.9 Å². The summed E-state index contributed by atoms with van der Waals surface area (Å²) in [5.74, 6) is -0.649. The number of nitrogens with one attached hydrogen (secondary N) is 1. The van der Waals surface area contributed by atoms with E-state index in [-0.39, 0.29) is 18.5 Å². The summed E-state index contributed by atoms with van der Waals surface area (Å²) in [7, 11) is -3.74.